The van der Waals surface area contributed by atoms with E-state index in [4.69, 9.17) is 5.11 Å². The van der Waals surface area contributed by atoms with Crippen LogP contribution in [0.25, 0.3) is 0 Å². The van der Waals surface area contributed by atoms with Crippen molar-refractivity contribution in [2.75, 3.05) is 6.61 Å². The number of rotatable bonds is 12. The summed E-state index contributed by atoms with van der Waals surface area (Å²) >= 11 is 0. The van der Waals surface area contributed by atoms with Crippen molar-refractivity contribution >= 4 is 0 Å². The Kier molecular flexibility index (Phi) is 8.52. The van der Waals surface area contributed by atoms with Crippen LogP contribution in [0.3, 0.4) is 0 Å². The third-order valence-corrected chi connectivity index (χ3v) is 6.01. The van der Waals surface area contributed by atoms with Gasteiger partial charge in [-0.25, -0.2) is 0 Å². The highest BCUT2D eigenvalue weighted by atomic mass is 16.2. The van der Waals surface area contributed by atoms with E-state index in [2.05, 4.69) is 91.0 Å². The van der Waals surface area contributed by atoms with Crippen molar-refractivity contribution in [3.63, 3.8) is 0 Å². The molecule has 3 rings (SSSR count). The molecule has 0 aliphatic heterocycles. The van der Waals surface area contributed by atoms with Crippen molar-refractivity contribution in [3.8, 4) is 0 Å². The van der Waals surface area contributed by atoms with Crippen molar-refractivity contribution in [1.82, 2.24) is 0 Å². The van der Waals surface area contributed by atoms with E-state index in [-0.39, 0.29) is 5.41 Å². The van der Waals surface area contributed by atoms with Crippen LogP contribution in [-0.4, -0.2) is 11.7 Å². The predicted molar refractivity (Wildman–Crippen MR) is 123 cm³/mol. The van der Waals surface area contributed by atoms with E-state index in [1.807, 2.05) is 0 Å². The van der Waals surface area contributed by atoms with Gasteiger partial charge in [-0.1, -0.05) is 130 Å². The minimum Gasteiger partial charge on any atom is -0.396 e. The Morgan fingerprint density at radius 1 is 0.448 bits per heavy atom. The van der Waals surface area contributed by atoms with Gasteiger partial charge in [-0.05, 0) is 29.5 Å². The monoisotopic (exact) mass is 386 g/mol. The van der Waals surface area contributed by atoms with Gasteiger partial charge in [-0.15, -0.1) is 0 Å². The summed E-state index contributed by atoms with van der Waals surface area (Å²) in [4.78, 5) is 0. The zero-order valence-electron chi connectivity index (χ0n) is 17.5. The highest BCUT2D eigenvalue weighted by Crippen LogP contribution is 2.43. The second-order valence-electron chi connectivity index (χ2n) is 7.95. The Morgan fingerprint density at radius 3 is 1.17 bits per heavy atom. The zero-order valence-corrected chi connectivity index (χ0v) is 17.5. The van der Waals surface area contributed by atoms with Gasteiger partial charge in [0.2, 0.25) is 0 Å². The maximum atomic E-state index is 8.92. The minimum absolute atomic E-state index is 0.110. The Hall–Kier alpha value is -2.38. The van der Waals surface area contributed by atoms with Crippen LogP contribution in [0.1, 0.15) is 68.1 Å². The van der Waals surface area contributed by atoms with E-state index in [1.54, 1.807) is 0 Å². The molecular formula is C28H34O. The quantitative estimate of drug-likeness (QED) is 0.259. The molecule has 3 aromatic rings. The lowest BCUT2D eigenvalue weighted by Gasteiger charge is -2.36. The van der Waals surface area contributed by atoms with Crippen molar-refractivity contribution < 1.29 is 5.11 Å². The molecule has 1 nitrogen and oxygen atoms in total. The molecule has 0 aromatic heterocycles. The molecule has 1 N–H and O–H groups in total. The van der Waals surface area contributed by atoms with Crippen LogP contribution in [0, 0.1) is 0 Å². The summed E-state index contributed by atoms with van der Waals surface area (Å²) in [7, 11) is 0. The molecule has 0 amide bonds. The second-order valence-corrected chi connectivity index (χ2v) is 7.95. The maximum Gasteiger partial charge on any atom is 0.0451 e. The first kappa shape index (κ1) is 21.3. The van der Waals surface area contributed by atoms with E-state index >= 15 is 0 Å². The first-order valence-corrected chi connectivity index (χ1v) is 11.2. The Bertz CT molecular complexity index is 699. The van der Waals surface area contributed by atoms with Gasteiger partial charge in [0.25, 0.3) is 0 Å². The normalized spacial score (nSPS) is 11.5. The van der Waals surface area contributed by atoms with E-state index < -0.39 is 0 Å². The van der Waals surface area contributed by atoms with Crippen molar-refractivity contribution in [3.05, 3.63) is 108 Å². The Balaban J connectivity index is 1.83. The lowest BCUT2D eigenvalue weighted by Crippen LogP contribution is -2.29. The van der Waals surface area contributed by atoms with Gasteiger partial charge in [0.05, 0.1) is 0 Å². The zero-order chi connectivity index (χ0) is 20.2. The van der Waals surface area contributed by atoms with Gasteiger partial charge in [0, 0.05) is 12.0 Å². The molecule has 0 spiro atoms. The molecule has 152 valence electrons. The standard InChI is InChI=1S/C28H34O/c29-24-16-5-3-1-2-4-15-23-28(25-17-9-6-10-18-25,26-19-11-7-12-20-26)27-21-13-8-14-22-27/h6-14,17-22,29H,1-5,15-16,23-24H2. The second kappa shape index (κ2) is 11.6. The number of benzene rings is 3. The molecule has 29 heavy (non-hydrogen) atoms. The smallest absolute Gasteiger partial charge is 0.0451 e. The summed E-state index contributed by atoms with van der Waals surface area (Å²) in [5.41, 5.74) is 4.02. The lowest BCUT2D eigenvalue weighted by atomic mass is 9.66. The molecule has 0 saturated heterocycles. The van der Waals surface area contributed by atoms with Crippen LogP contribution in [-0.2, 0) is 5.41 Å². The summed E-state index contributed by atoms with van der Waals surface area (Å²) in [6, 6.07) is 33.0. The summed E-state index contributed by atoms with van der Waals surface area (Å²) in [6.07, 6.45) is 9.46. The van der Waals surface area contributed by atoms with Crippen molar-refractivity contribution in [2.45, 2.75) is 56.8 Å². The van der Waals surface area contributed by atoms with Gasteiger partial charge in [0.1, 0.15) is 0 Å². The topological polar surface area (TPSA) is 20.2 Å². The largest absolute Gasteiger partial charge is 0.396 e. The average Bonchev–Trinajstić information content (AvgIpc) is 2.80. The molecule has 0 heterocycles. The molecule has 0 aliphatic rings. The molecule has 0 atom stereocenters. The van der Waals surface area contributed by atoms with Crippen LogP contribution in [0.2, 0.25) is 0 Å². The highest BCUT2D eigenvalue weighted by molar-refractivity contribution is 5.50. The van der Waals surface area contributed by atoms with E-state index in [9.17, 15) is 0 Å². The predicted octanol–water partition coefficient (Wildman–Crippen LogP) is 7.13. The van der Waals surface area contributed by atoms with E-state index in [0.29, 0.717) is 6.61 Å². The third kappa shape index (κ3) is 5.58. The minimum atomic E-state index is -0.110. The van der Waals surface area contributed by atoms with Gasteiger partial charge in [-0.2, -0.15) is 0 Å². The van der Waals surface area contributed by atoms with Gasteiger partial charge in [0.15, 0.2) is 0 Å². The summed E-state index contributed by atoms with van der Waals surface area (Å²) in [6.45, 7) is 0.327. The Morgan fingerprint density at radius 2 is 0.793 bits per heavy atom. The SMILES string of the molecule is OCCCCCCCCCC(c1ccccc1)(c1ccccc1)c1ccccc1. The van der Waals surface area contributed by atoms with Gasteiger partial charge >= 0.3 is 0 Å². The van der Waals surface area contributed by atoms with Crippen molar-refractivity contribution in [2.24, 2.45) is 0 Å². The van der Waals surface area contributed by atoms with Crippen molar-refractivity contribution in [1.29, 1.82) is 0 Å². The fourth-order valence-electron chi connectivity index (χ4n) is 4.49. The molecule has 0 saturated carbocycles. The summed E-state index contributed by atoms with van der Waals surface area (Å²) in [5, 5.41) is 8.92. The van der Waals surface area contributed by atoms with Crippen LogP contribution < -0.4 is 0 Å². The van der Waals surface area contributed by atoms with Gasteiger partial charge < -0.3 is 5.11 Å². The summed E-state index contributed by atoms with van der Waals surface area (Å²) < 4.78 is 0. The first-order chi connectivity index (χ1) is 14.4. The number of aliphatic hydroxyl groups excluding tert-OH is 1. The molecule has 0 fully saturated rings. The molecule has 1 heteroatoms. The molecule has 0 radical (unpaired) electrons. The fraction of sp³-hybridized carbons (Fsp3) is 0.357. The average molecular weight is 387 g/mol. The third-order valence-electron chi connectivity index (χ3n) is 6.01. The van der Waals surface area contributed by atoms with Crippen LogP contribution in [0.15, 0.2) is 91.0 Å². The number of hydrogen-bond acceptors (Lipinski definition) is 1. The van der Waals surface area contributed by atoms with E-state index in [1.165, 1.54) is 48.8 Å². The number of aliphatic hydroxyl groups is 1. The lowest BCUT2D eigenvalue weighted by molar-refractivity contribution is 0.282. The maximum absolute atomic E-state index is 8.92. The highest BCUT2D eigenvalue weighted by Gasteiger charge is 2.35. The van der Waals surface area contributed by atoms with Crippen LogP contribution in [0.5, 0.6) is 0 Å². The fourth-order valence-corrected chi connectivity index (χ4v) is 4.49. The van der Waals surface area contributed by atoms with E-state index in [0.717, 1.165) is 19.3 Å². The number of unbranched alkanes of at least 4 members (excludes halogenated alkanes) is 6. The Labute approximate surface area is 176 Å². The molecule has 0 unspecified atom stereocenters. The first-order valence-electron chi connectivity index (χ1n) is 11.2. The molecule has 0 bridgehead atoms. The molecule has 3 aromatic carbocycles. The van der Waals surface area contributed by atoms with Crippen LogP contribution in [0.4, 0.5) is 0 Å². The summed E-state index contributed by atoms with van der Waals surface area (Å²) in [5.74, 6) is 0. The van der Waals surface area contributed by atoms with Crippen LogP contribution >= 0.6 is 0 Å². The molecular weight excluding hydrogens is 352 g/mol. The molecule has 0 aliphatic carbocycles. The number of hydrogen-bond donors (Lipinski definition) is 1. The van der Waals surface area contributed by atoms with Gasteiger partial charge in [-0.3, -0.25) is 0 Å².